The van der Waals surface area contributed by atoms with Gasteiger partial charge >= 0.3 is 0 Å². The molecule has 1 saturated carbocycles. The Hall–Kier alpha value is -0.600. The molecule has 0 spiro atoms. The Morgan fingerprint density at radius 2 is 2.24 bits per heavy atom. The molecule has 0 atom stereocenters. The minimum Gasteiger partial charge on any atom is -0.314 e. The summed E-state index contributed by atoms with van der Waals surface area (Å²) < 4.78 is 0. The van der Waals surface area contributed by atoms with Gasteiger partial charge in [-0.25, -0.2) is 0 Å². The van der Waals surface area contributed by atoms with Crippen LogP contribution < -0.4 is 5.32 Å². The van der Waals surface area contributed by atoms with Crippen molar-refractivity contribution < 1.29 is 0 Å². The zero-order chi connectivity index (χ0) is 12.3. The van der Waals surface area contributed by atoms with Gasteiger partial charge in [0.2, 0.25) is 0 Å². The number of hydrogen-bond acceptors (Lipinski definition) is 2. The first-order valence-electron chi connectivity index (χ1n) is 6.39. The lowest BCUT2D eigenvalue weighted by Gasteiger charge is -2.25. The van der Waals surface area contributed by atoms with E-state index in [0.29, 0.717) is 0 Å². The highest BCUT2D eigenvalue weighted by Crippen LogP contribution is 2.29. The number of nitrogens with zero attached hydrogens (tertiary/aromatic N) is 1. The van der Waals surface area contributed by atoms with Crippen LogP contribution in [0.1, 0.15) is 38.7 Å². The van der Waals surface area contributed by atoms with Gasteiger partial charge in [-0.15, -0.1) is 0 Å². The molecule has 0 saturated heterocycles. The molecular formula is C14H21ClN2. The summed E-state index contributed by atoms with van der Waals surface area (Å²) in [6.07, 6.45) is 8.46. The van der Waals surface area contributed by atoms with Crippen molar-refractivity contribution in [2.45, 2.75) is 45.6 Å². The Balaban J connectivity index is 1.84. The van der Waals surface area contributed by atoms with E-state index in [-0.39, 0.29) is 5.41 Å². The number of hydrogen-bond donors (Lipinski definition) is 1. The molecule has 17 heavy (non-hydrogen) atoms. The Morgan fingerprint density at radius 1 is 1.47 bits per heavy atom. The van der Waals surface area contributed by atoms with E-state index in [2.05, 4.69) is 24.1 Å². The van der Waals surface area contributed by atoms with E-state index >= 15 is 0 Å². The third-order valence-electron chi connectivity index (χ3n) is 3.34. The van der Waals surface area contributed by atoms with Crippen molar-refractivity contribution in [3.05, 3.63) is 29.0 Å². The van der Waals surface area contributed by atoms with E-state index in [0.717, 1.165) is 24.0 Å². The molecule has 2 nitrogen and oxygen atoms in total. The van der Waals surface area contributed by atoms with Crippen LogP contribution in [0.3, 0.4) is 0 Å². The molecule has 0 radical (unpaired) electrons. The van der Waals surface area contributed by atoms with E-state index in [1.807, 2.05) is 12.3 Å². The third kappa shape index (κ3) is 4.29. The SMILES string of the molecule is CC(C)(CCNC1CC1)Cc1ccncc1Cl. The van der Waals surface area contributed by atoms with Crippen molar-refractivity contribution in [3.63, 3.8) is 0 Å². The van der Waals surface area contributed by atoms with Crippen LogP contribution in [-0.4, -0.2) is 17.6 Å². The molecule has 1 aliphatic rings. The molecule has 0 bridgehead atoms. The Kier molecular flexibility index (Phi) is 4.05. The van der Waals surface area contributed by atoms with Crippen LogP contribution in [0.2, 0.25) is 5.02 Å². The van der Waals surface area contributed by atoms with Crippen molar-refractivity contribution in [1.82, 2.24) is 10.3 Å². The second-order valence-corrected chi connectivity index (χ2v) is 6.19. The summed E-state index contributed by atoms with van der Waals surface area (Å²) in [5.74, 6) is 0. The third-order valence-corrected chi connectivity index (χ3v) is 3.68. The van der Waals surface area contributed by atoms with Crippen LogP contribution in [0.5, 0.6) is 0 Å². The number of pyridine rings is 1. The van der Waals surface area contributed by atoms with E-state index in [4.69, 9.17) is 11.6 Å². The largest absolute Gasteiger partial charge is 0.314 e. The first kappa shape index (κ1) is 12.8. The average molecular weight is 253 g/mol. The zero-order valence-electron chi connectivity index (χ0n) is 10.7. The molecule has 3 heteroatoms. The van der Waals surface area contributed by atoms with Gasteiger partial charge in [0, 0.05) is 18.4 Å². The molecule has 0 aliphatic heterocycles. The predicted octanol–water partition coefficient (Wildman–Crippen LogP) is 3.45. The molecule has 1 aromatic heterocycles. The maximum atomic E-state index is 6.15. The van der Waals surface area contributed by atoms with E-state index in [1.165, 1.54) is 24.8 Å². The van der Waals surface area contributed by atoms with Crippen LogP contribution in [0.15, 0.2) is 18.5 Å². The predicted molar refractivity (Wildman–Crippen MR) is 72.4 cm³/mol. The molecule has 2 rings (SSSR count). The number of aromatic nitrogens is 1. The Morgan fingerprint density at radius 3 is 2.88 bits per heavy atom. The molecule has 0 amide bonds. The normalized spacial score (nSPS) is 16.2. The van der Waals surface area contributed by atoms with Gasteiger partial charge < -0.3 is 5.32 Å². The molecule has 1 aliphatic carbocycles. The van der Waals surface area contributed by atoms with Gasteiger partial charge in [-0.3, -0.25) is 4.98 Å². The first-order valence-corrected chi connectivity index (χ1v) is 6.76. The van der Waals surface area contributed by atoms with Gasteiger partial charge in [-0.2, -0.15) is 0 Å². The van der Waals surface area contributed by atoms with Crippen molar-refractivity contribution in [2.24, 2.45) is 5.41 Å². The Labute approximate surface area is 109 Å². The lowest BCUT2D eigenvalue weighted by molar-refractivity contribution is 0.325. The molecular weight excluding hydrogens is 232 g/mol. The summed E-state index contributed by atoms with van der Waals surface area (Å²) >= 11 is 6.15. The molecule has 1 heterocycles. The fourth-order valence-corrected chi connectivity index (χ4v) is 2.24. The fourth-order valence-electron chi connectivity index (χ4n) is 2.05. The number of rotatable bonds is 6. The quantitative estimate of drug-likeness (QED) is 0.839. The van der Waals surface area contributed by atoms with Crippen LogP contribution in [0.25, 0.3) is 0 Å². The summed E-state index contributed by atoms with van der Waals surface area (Å²) in [6.45, 7) is 5.72. The van der Waals surface area contributed by atoms with Crippen molar-refractivity contribution >= 4 is 11.6 Å². The van der Waals surface area contributed by atoms with E-state index < -0.39 is 0 Å². The first-order chi connectivity index (χ1) is 8.07. The van der Waals surface area contributed by atoms with Crippen LogP contribution >= 0.6 is 11.6 Å². The second-order valence-electron chi connectivity index (χ2n) is 5.79. The summed E-state index contributed by atoms with van der Waals surface area (Å²) in [7, 11) is 0. The van der Waals surface area contributed by atoms with Gasteiger partial charge in [0.25, 0.3) is 0 Å². The fraction of sp³-hybridized carbons (Fsp3) is 0.643. The van der Waals surface area contributed by atoms with E-state index in [9.17, 15) is 0 Å². The standard InChI is InChI=1S/C14H21ClN2/c1-14(2,6-8-17-12-3-4-12)9-11-5-7-16-10-13(11)15/h5,7,10,12,17H,3-4,6,8-9H2,1-2H3. The lowest BCUT2D eigenvalue weighted by Crippen LogP contribution is -2.25. The average Bonchev–Trinajstić information content (AvgIpc) is 3.05. The van der Waals surface area contributed by atoms with Gasteiger partial charge in [-0.1, -0.05) is 25.4 Å². The monoisotopic (exact) mass is 252 g/mol. The van der Waals surface area contributed by atoms with Gasteiger partial charge in [-0.05, 0) is 49.3 Å². The minimum absolute atomic E-state index is 0.285. The Bertz CT molecular complexity index is 372. The lowest BCUT2D eigenvalue weighted by atomic mass is 9.83. The van der Waals surface area contributed by atoms with Crippen LogP contribution in [0.4, 0.5) is 0 Å². The summed E-state index contributed by atoms with van der Waals surface area (Å²) in [4.78, 5) is 4.02. The molecule has 0 aromatic carbocycles. The molecule has 0 unspecified atom stereocenters. The molecule has 1 N–H and O–H groups in total. The van der Waals surface area contributed by atoms with Crippen LogP contribution in [0, 0.1) is 5.41 Å². The highest BCUT2D eigenvalue weighted by molar-refractivity contribution is 6.31. The van der Waals surface area contributed by atoms with Gasteiger partial charge in [0.05, 0.1) is 5.02 Å². The summed E-state index contributed by atoms with van der Waals surface area (Å²) in [5, 5.41) is 4.36. The molecule has 94 valence electrons. The molecule has 1 fully saturated rings. The van der Waals surface area contributed by atoms with Crippen LogP contribution in [-0.2, 0) is 6.42 Å². The molecule has 1 aromatic rings. The van der Waals surface area contributed by atoms with E-state index in [1.54, 1.807) is 6.20 Å². The van der Waals surface area contributed by atoms with Crippen molar-refractivity contribution in [3.8, 4) is 0 Å². The maximum absolute atomic E-state index is 6.15. The van der Waals surface area contributed by atoms with Crippen molar-refractivity contribution in [1.29, 1.82) is 0 Å². The van der Waals surface area contributed by atoms with Gasteiger partial charge in [0.1, 0.15) is 0 Å². The number of nitrogens with one attached hydrogen (secondary N) is 1. The zero-order valence-corrected chi connectivity index (χ0v) is 11.4. The summed E-state index contributed by atoms with van der Waals surface area (Å²) in [6, 6.07) is 2.83. The highest BCUT2D eigenvalue weighted by atomic mass is 35.5. The topological polar surface area (TPSA) is 24.9 Å². The summed E-state index contributed by atoms with van der Waals surface area (Å²) in [5.41, 5.74) is 1.49. The van der Waals surface area contributed by atoms with Gasteiger partial charge in [0.15, 0.2) is 0 Å². The maximum Gasteiger partial charge on any atom is 0.0621 e. The smallest absolute Gasteiger partial charge is 0.0621 e. The highest BCUT2D eigenvalue weighted by Gasteiger charge is 2.23. The van der Waals surface area contributed by atoms with Crippen molar-refractivity contribution in [2.75, 3.05) is 6.54 Å². The second kappa shape index (κ2) is 5.36. The number of halogens is 1. The minimum atomic E-state index is 0.285.